The van der Waals surface area contributed by atoms with Crippen LogP contribution in [0.2, 0.25) is 0 Å². The molecule has 5 rings (SSSR count). The molecule has 180 valence electrons. The van der Waals surface area contributed by atoms with Gasteiger partial charge in [0.15, 0.2) is 17.3 Å². The van der Waals surface area contributed by atoms with Crippen molar-refractivity contribution in [1.82, 2.24) is 24.4 Å². The van der Waals surface area contributed by atoms with E-state index >= 15 is 0 Å². The number of carbonyl (C=O) groups excluding carboxylic acids is 1. The number of rotatable bonds is 5. The Hall–Kier alpha value is -3.37. The van der Waals surface area contributed by atoms with E-state index < -0.39 is 23.1 Å². The number of nitrogens with zero attached hydrogens (tertiary/aromatic N) is 5. The van der Waals surface area contributed by atoms with Crippen molar-refractivity contribution >= 4 is 34.7 Å². The van der Waals surface area contributed by atoms with E-state index in [-0.39, 0.29) is 17.9 Å². The van der Waals surface area contributed by atoms with Gasteiger partial charge in [0.05, 0.1) is 12.2 Å². The summed E-state index contributed by atoms with van der Waals surface area (Å²) in [7, 11) is 0. The first kappa shape index (κ1) is 22.4. The second kappa shape index (κ2) is 9.11. The van der Waals surface area contributed by atoms with Gasteiger partial charge < -0.3 is 15.5 Å². The van der Waals surface area contributed by atoms with Gasteiger partial charge in [0.1, 0.15) is 17.0 Å². The van der Waals surface area contributed by atoms with Crippen LogP contribution in [0.25, 0.3) is 11.2 Å². The number of anilines is 3. The van der Waals surface area contributed by atoms with Crippen molar-refractivity contribution in [2.24, 2.45) is 0 Å². The summed E-state index contributed by atoms with van der Waals surface area (Å²) >= 11 is 0. The van der Waals surface area contributed by atoms with Gasteiger partial charge in [-0.15, -0.1) is 0 Å². The summed E-state index contributed by atoms with van der Waals surface area (Å²) in [5.41, 5.74) is 0.433. The van der Waals surface area contributed by atoms with Crippen LogP contribution in [0.15, 0.2) is 18.3 Å². The first-order valence-corrected chi connectivity index (χ1v) is 11.6. The van der Waals surface area contributed by atoms with Gasteiger partial charge in [-0.2, -0.15) is 4.98 Å². The SMILES string of the molecule is CC(=O)N1CC[C@@H](n2c(Nc3c(F)cc(F)cc3F)nc3cnc(NC4CCCCC4)nc32)C1. The van der Waals surface area contributed by atoms with Crippen molar-refractivity contribution in [3.63, 3.8) is 0 Å². The van der Waals surface area contributed by atoms with Crippen molar-refractivity contribution in [2.45, 2.75) is 57.5 Å². The van der Waals surface area contributed by atoms with Crippen LogP contribution in [0.3, 0.4) is 0 Å². The first-order chi connectivity index (χ1) is 16.4. The molecule has 2 N–H and O–H groups in total. The zero-order valence-corrected chi connectivity index (χ0v) is 18.8. The molecule has 11 heteroatoms. The van der Waals surface area contributed by atoms with Crippen molar-refractivity contribution in [2.75, 3.05) is 23.7 Å². The molecule has 1 atom stereocenters. The Balaban J connectivity index is 1.54. The van der Waals surface area contributed by atoms with Gasteiger partial charge in [0.2, 0.25) is 17.8 Å². The molecule has 1 aromatic carbocycles. The molecule has 2 fully saturated rings. The molecule has 3 heterocycles. The molecule has 2 aliphatic rings. The lowest BCUT2D eigenvalue weighted by atomic mass is 9.96. The zero-order chi connectivity index (χ0) is 23.8. The minimum atomic E-state index is -1.07. The second-order valence-electron chi connectivity index (χ2n) is 8.96. The maximum absolute atomic E-state index is 14.4. The molecule has 34 heavy (non-hydrogen) atoms. The number of aromatic nitrogens is 4. The lowest BCUT2D eigenvalue weighted by Crippen LogP contribution is -2.26. The highest BCUT2D eigenvalue weighted by Crippen LogP contribution is 2.33. The standard InChI is InChI=1S/C23H26F3N7O/c1-13(34)32-8-7-16(12-32)33-21-19(11-27-22(31-21)28-15-5-3-2-4-6-15)29-23(33)30-20-17(25)9-14(24)10-18(20)26/h9-11,15-16H,2-8,12H2,1H3,(H,29,30)(H,27,28,31)/t16-/m1/s1. The average Bonchev–Trinajstić information content (AvgIpc) is 3.41. The number of fused-ring (bicyclic) bond motifs is 1. The van der Waals surface area contributed by atoms with Crippen molar-refractivity contribution in [3.8, 4) is 0 Å². The molecule has 0 bridgehead atoms. The van der Waals surface area contributed by atoms with Crippen molar-refractivity contribution in [3.05, 3.63) is 35.8 Å². The molecule has 0 unspecified atom stereocenters. The molecule has 1 saturated carbocycles. The summed E-state index contributed by atoms with van der Waals surface area (Å²) in [5.74, 6) is -2.58. The van der Waals surface area contributed by atoms with E-state index in [0.717, 1.165) is 25.7 Å². The Bertz CT molecular complexity index is 1200. The summed E-state index contributed by atoms with van der Waals surface area (Å²) in [4.78, 5) is 27.2. The van der Waals surface area contributed by atoms with E-state index in [1.165, 1.54) is 13.3 Å². The van der Waals surface area contributed by atoms with Crippen LogP contribution in [-0.4, -0.2) is 49.5 Å². The molecule has 3 aromatic rings. The third-order valence-corrected chi connectivity index (χ3v) is 6.59. The van der Waals surface area contributed by atoms with Gasteiger partial charge in [-0.1, -0.05) is 19.3 Å². The molecule has 8 nitrogen and oxygen atoms in total. The minimum absolute atomic E-state index is 0.0497. The largest absolute Gasteiger partial charge is 0.351 e. The van der Waals surface area contributed by atoms with Crippen molar-refractivity contribution in [1.29, 1.82) is 0 Å². The Morgan fingerprint density at radius 1 is 1.06 bits per heavy atom. The normalized spacial score (nSPS) is 19.1. The lowest BCUT2D eigenvalue weighted by molar-refractivity contribution is -0.127. The number of imidazole rings is 1. The summed E-state index contributed by atoms with van der Waals surface area (Å²) in [6.45, 7) is 2.47. The predicted molar refractivity (Wildman–Crippen MR) is 121 cm³/mol. The molecular weight excluding hydrogens is 447 g/mol. The van der Waals surface area contributed by atoms with E-state index in [1.54, 1.807) is 15.7 Å². The topological polar surface area (TPSA) is 88.0 Å². The van der Waals surface area contributed by atoms with Gasteiger partial charge in [-0.25, -0.2) is 23.1 Å². The number of hydrogen-bond acceptors (Lipinski definition) is 6. The van der Waals surface area contributed by atoms with Crippen LogP contribution in [0, 0.1) is 17.5 Å². The molecule has 2 aromatic heterocycles. The van der Waals surface area contributed by atoms with E-state index in [4.69, 9.17) is 4.98 Å². The van der Waals surface area contributed by atoms with Gasteiger partial charge in [0, 0.05) is 38.2 Å². The second-order valence-corrected chi connectivity index (χ2v) is 8.96. The third kappa shape index (κ3) is 4.38. The quantitative estimate of drug-likeness (QED) is 0.566. The molecule has 1 amide bonds. The summed E-state index contributed by atoms with van der Waals surface area (Å²) in [6.07, 6.45) is 7.84. The van der Waals surface area contributed by atoms with Crippen molar-refractivity contribution < 1.29 is 18.0 Å². The fourth-order valence-corrected chi connectivity index (χ4v) is 4.84. The number of hydrogen-bond donors (Lipinski definition) is 2. The first-order valence-electron chi connectivity index (χ1n) is 11.6. The molecular formula is C23H26F3N7O. The summed E-state index contributed by atoms with van der Waals surface area (Å²) < 4.78 is 43.9. The van der Waals surface area contributed by atoms with Crippen LogP contribution in [0.1, 0.15) is 51.5 Å². The van der Waals surface area contributed by atoms with Gasteiger partial charge >= 0.3 is 0 Å². The monoisotopic (exact) mass is 473 g/mol. The van der Waals surface area contributed by atoms with Gasteiger partial charge in [-0.05, 0) is 19.3 Å². The Labute approximate surface area is 194 Å². The van der Waals surface area contributed by atoms with Crippen LogP contribution >= 0.6 is 0 Å². The molecule has 1 saturated heterocycles. The van der Waals surface area contributed by atoms with Crippen LogP contribution in [0.4, 0.5) is 30.8 Å². The number of carbonyl (C=O) groups is 1. The Kier molecular flexibility index (Phi) is 6.01. The van der Waals surface area contributed by atoms with E-state index in [1.807, 2.05) is 0 Å². The van der Waals surface area contributed by atoms with E-state index in [0.29, 0.717) is 54.8 Å². The van der Waals surface area contributed by atoms with E-state index in [9.17, 15) is 18.0 Å². The highest BCUT2D eigenvalue weighted by atomic mass is 19.1. The fourth-order valence-electron chi connectivity index (χ4n) is 4.84. The highest BCUT2D eigenvalue weighted by molar-refractivity contribution is 5.77. The molecule has 1 aliphatic carbocycles. The third-order valence-electron chi connectivity index (χ3n) is 6.59. The maximum atomic E-state index is 14.4. The molecule has 1 aliphatic heterocycles. The Morgan fingerprint density at radius 3 is 2.47 bits per heavy atom. The number of likely N-dealkylation sites (tertiary alicyclic amines) is 1. The number of halogens is 3. The maximum Gasteiger partial charge on any atom is 0.224 e. The highest BCUT2D eigenvalue weighted by Gasteiger charge is 2.30. The van der Waals surface area contributed by atoms with Crippen LogP contribution in [-0.2, 0) is 4.79 Å². The summed E-state index contributed by atoms with van der Waals surface area (Å²) in [5, 5.41) is 6.08. The molecule has 0 radical (unpaired) electrons. The predicted octanol–water partition coefficient (Wildman–Crippen LogP) is 4.53. The van der Waals surface area contributed by atoms with E-state index in [2.05, 4.69) is 20.6 Å². The lowest BCUT2D eigenvalue weighted by Gasteiger charge is -2.22. The molecule has 0 spiro atoms. The Morgan fingerprint density at radius 2 is 1.79 bits per heavy atom. The smallest absolute Gasteiger partial charge is 0.224 e. The summed E-state index contributed by atoms with van der Waals surface area (Å²) in [6, 6.07) is 1.30. The number of benzene rings is 1. The minimum Gasteiger partial charge on any atom is -0.351 e. The van der Waals surface area contributed by atoms with Crippen LogP contribution < -0.4 is 10.6 Å². The number of amides is 1. The van der Waals surface area contributed by atoms with Gasteiger partial charge in [0.25, 0.3) is 0 Å². The van der Waals surface area contributed by atoms with Crippen LogP contribution in [0.5, 0.6) is 0 Å². The zero-order valence-electron chi connectivity index (χ0n) is 18.8. The fraction of sp³-hybridized carbons (Fsp3) is 0.478. The average molecular weight is 474 g/mol. The number of nitrogens with one attached hydrogen (secondary N) is 2. The van der Waals surface area contributed by atoms with Gasteiger partial charge in [-0.3, -0.25) is 9.36 Å².